The number of hydrogen-bond donors (Lipinski definition) is 0. The zero-order valence-electron chi connectivity index (χ0n) is 11.7. The molecule has 0 amide bonds. The molecule has 0 fully saturated rings. The van der Waals surface area contributed by atoms with Crippen molar-refractivity contribution in [3.8, 4) is 0 Å². The molecule has 0 spiro atoms. The first-order chi connectivity index (χ1) is 7.45. The van der Waals surface area contributed by atoms with Gasteiger partial charge in [-0.3, -0.25) is 0 Å². The average Bonchev–Trinajstić information content (AvgIpc) is 2.25. The normalized spacial score (nSPS) is 13.1. The van der Waals surface area contributed by atoms with Gasteiger partial charge in [-0.2, -0.15) is 0 Å². The second-order valence-corrected chi connectivity index (χ2v) is 7.87. The maximum Gasteiger partial charge on any atom is 0.500 e. The van der Waals surface area contributed by atoms with E-state index in [0.717, 1.165) is 23.5 Å². The van der Waals surface area contributed by atoms with E-state index in [1.165, 1.54) is 13.0 Å². The van der Waals surface area contributed by atoms with Crippen LogP contribution in [0.15, 0.2) is 0 Å². The minimum Gasteiger partial charge on any atom is -0.377 e. The summed E-state index contributed by atoms with van der Waals surface area (Å²) >= 11 is 0. The molecule has 0 N–H and O–H groups in total. The molecule has 16 heavy (non-hydrogen) atoms. The molecule has 0 aromatic rings. The maximum atomic E-state index is 5.40. The molecule has 0 heterocycles. The first kappa shape index (κ1) is 16.1. The SMILES string of the molecule is CCC[N+](C)(C)CCC[Si](OC)(OC)OC. The predicted molar refractivity (Wildman–Crippen MR) is 68.3 cm³/mol. The molecule has 5 heteroatoms. The second kappa shape index (κ2) is 7.40. The van der Waals surface area contributed by atoms with Gasteiger partial charge in [0.05, 0.1) is 27.2 Å². The Labute approximate surface area is 101 Å². The van der Waals surface area contributed by atoms with Crippen LogP contribution in [0.2, 0.25) is 6.04 Å². The lowest BCUT2D eigenvalue weighted by molar-refractivity contribution is -0.890. The van der Waals surface area contributed by atoms with Gasteiger partial charge in [0.25, 0.3) is 0 Å². The molecule has 0 aromatic heterocycles. The van der Waals surface area contributed by atoms with Crippen LogP contribution < -0.4 is 0 Å². The molecule has 0 saturated heterocycles. The van der Waals surface area contributed by atoms with Gasteiger partial charge in [-0.25, -0.2) is 0 Å². The first-order valence-corrected chi connectivity index (χ1v) is 7.86. The van der Waals surface area contributed by atoms with Crippen molar-refractivity contribution >= 4 is 8.80 Å². The molecule has 0 saturated carbocycles. The van der Waals surface area contributed by atoms with Crippen LogP contribution in [0.25, 0.3) is 0 Å². The lowest BCUT2D eigenvalue weighted by Crippen LogP contribution is -2.45. The monoisotopic (exact) mass is 250 g/mol. The summed E-state index contributed by atoms with van der Waals surface area (Å²) in [6.45, 7) is 4.57. The van der Waals surface area contributed by atoms with Crippen LogP contribution in [0.3, 0.4) is 0 Å². The fourth-order valence-electron chi connectivity index (χ4n) is 2.00. The van der Waals surface area contributed by atoms with E-state index in [9.17, 15) is 0 Å². The quantitative estimate of drug-likeness (QED) is 0.461. The fraction of sp³-hybridized carbons (Fsp3) is 1.00. The van der Waals surface area contributed by atoms with Crippen molar-refractivity contribution in [1.29, 1.82) is 0 Å². The lowest BCUT2D eigenvalue weighted by atomic mass is 10.3. The van der Waals surface area contributed by atoms with Crippen LogP contribution in [0, 0.1) is 0 Å². The van der Waals surface area contributed by atoms with E-state index in [-0.39, 0.29) is 0 Å². The zero-order valence-corrected chi connectivity index (χ0v) is 12.7. The van der Waals surface area contributed by atoms with Gasteiger partial charge >= 0.3 is 8.80 Å². The molecule has 0 rings (SSSR count). The molecular formula is C11H28NO3Si+. The number of nitrogens with zero attached hydrogens (tertiary/aromatic N) is 1. The summed E-state index contributed by atoms with van der Waals surface area (Å²) in [5.41, 5.74) is 0. The van der Waals surface area contributed by atoms with E-state index < -0.39 is 8.80 Å². The molecule has 0 aliphatic heterocycles. The van der Waals surface area contributed by atoms with Gasteiger partial charge < -0.3 is 17.8 Å². The fourth-order valence-corrected chi connectivity index (χ4v) is 3.70. The van der Waals surface area contributed by atoms with Gasteiger partial charge in [-0.1, -0.05) is 6.92 Å². The van der Waals surface area contributed by atoms with Crippen molar-refractivity contribution in [2.75, 3.05) is 48.5 Å². The zero-order chi connectivity index (χ0) is 12.7. The standard InChI is InChI=1S/C11H28NO3Si/c1-7-9-12(2,3)10-8-11-16(13-4,14-5)15-6/h7-11H2,1-6H3/q+1. The van der Waals surface area contributed by atoms with E-state index in [2.05, 4.69) is 21.0 Å². The molecule has 0 aliphatic rings. The summed E-state index contributed by atoms with van der Waals surface area (Å²) in [5, 5.41) is 0. The average molecular weight is 250 g/mol. The molecule has 98 valence electrons. The van der Waals surface area contributed by atoms with Gasteiger partial charge in [0.2, 0.25) is 0 Å². The van der Waals surface area contributed by atoms with E-state index in [4.69, 9.17) is 13.3 Å². The van der Waals surface area contributed by atoms with E-state index >= 15 is 0 Å². The van der Waals surface area contributed by atoms with Crippen LogP contribution in [-0.2, 0) is 13.3 Å². The van der Waals surface area contributed by atoms with Gasteiger partial charge in [0, 0.05) is 33.8 Å². The van der Waals surface area contributed by atoms with E-state index in [1.807, 2.05) is 0 Å². The highest BCUT2D eigenvalue weighted by atomic mass is 28.4. The largest absolute Gasteiger partial charge is 0.500 e. The van der Waals surface area contributed by atoms with Gasteiger partial charge in [-0.15, -0.1) is 0 Å². The molecule has 0 unspecified atom stereocenters. The highest BCUT2D eigenvalue weighted by molar-refractivity contribution is 6.60. The van der Waals surface area contributed by atoms with Crippen molar-refractivity contribution in [2.45, 2.75) is 25.8 Å². The Morgan fingerprint density at radius 1 is 0.938 bits per heavy atom. The Balaban J connectivity index is 4.04. The Hall–Kier alpha value is 0.0569. The van der Waals surface area contributed by atoms with Crippen molar-refractivity contribution in [2.24, 2.45) is 0 Å². The van der Waals surface area contributed by atoms with Crippen molar-refractivity contribution in [1.82, 2.24) is 0 Å². The van der Waals surface area contributed by atoms with Gasteiger partial charge in [0.15, 0.2) is 0 Å². The van der Waals surface area contributed by atoms with Crippen LogP contribution in [0.4, 0.5) is 0 Å². The third kappa shape index (κ3) is 5.40. The molecule has 0 bridgehead atoms. The molecular weight excluding hydrogens is 222 g/mol. The van der Waals surface area contributed by atoms with E-state index in [0.29, 0.717) is 0 Å². The van der Waals surface area contributed by atoms with Crippen LogP contribution >= 0.6 is 0 Å². The highest BCUT2D eigenvalue weighted by Crippen LogP contribution is 2.16. The summed E-state index contributed by atoms with van der Waals surface area (Å²) in [6, 6.07) is 0.891. The van der Waals surface area contributed by atoms with Crippen LogP contribution in [0.1, 0.15) is 19.8 Å². The summed E-state index contributed by atoms with van der Waals surface area (Å²) in [6.07, 6.45) is 2.29. The minimum atomic E-state index is -2.35. The Morgan fingerprint density at radius 2 is 1.44 bits per heavy atom. The Kier molecular flexibility index (Phi) is 7.42. The van der Waals surface area contributed by atoms with Crippen molar-refractivity contribution < 1.29 is 17.8 Å². The summed E-state index contributed by atoms with van der Waals surface area (Å²) in [5.74, 6) is 0. The molecule has 0 aliphatic carbocycles. The molecule has 4 nitrogen and oxygen atoms in total. The Bertz CT molecular complexity index is 176. The van der Waals surface area contributed by atoms with Crippen molar-refractivity contribution in [3.05, 3.63) is 0 Å². The topological polar surface area (TPSA) is 27.7 Å². The summed E-state index contributed by atoms with van der Waals surface area (Å²) < 4.78 is 17.2. The Morgan fingerprint density at radius 3 is 1.81 bits per heavy atom. The minimum absolute atomic E-state index is 0.891. The maximum absolute atomic E-state index is 5.40. The predicted octanol–water partition coefficient (Wildman–Crippen LogP) is 1.74. The van der Waals surface area contributed by atoms with Gasteiger partial charge in [-0.05, 0) is 6.42 Å². The third-order valence-corrected chi connectivity index (χ3v) is 5.84. The first-order valence-electron chi connectivity index (χ1n) is 5.92. The second-order valence-electron chi connectivity index (χ2n) is 4.78. The number of quaternary nitrogens is 1. The smallest absolute Gasteiger partial charge is 0.377 e. The molecule has 0 radical (unpaired) electrons. The number of rotatable bonds is 9. The highest BCUT2D eigenvalue weighted by Gasteiger charge is 2.37. The van der Waals surface area contributed by atoms with Gasteiger partial charge in [0.1, 0.15) is 0 Å². The lowest BCUT2D eigenvalue weighted by Gasteiger charge is -2.31. The molecule has 0 atom stereocenters. The van der Waals surface area contributed by atoms with E-state index in [1.54, 1.807) is 21.3 Å². The van der Waals surface area contributed by atoms with Crippen molar-refractivity contribution in [3.63, 3.8) is 0 Å². The summed E-state index contributed by atoms with van der Waals surface area (Å²) in [7, 11) is 7.19. The summed E-state index contributed by atoms with van der Waals surface area (Å²) in [4.78, 5) is 0. The third-order valence-electron chi connectivity index (χ3n) is 3.01. The van der Waals surface area contributed by atoms with Crippen LogP contribution in [-0.4, -0.2) is 61.8 Å². The van der Waals surface area contributed by atoms with Crippen LogP contribution in [0.5, 0.6) is 0 Å². The molecule has 0 aromatic carbocycles. The number of hydrogen-bond acceptors (Lipinski definition) is 3.